The van der Waals surface area contributed by atoms with Crippen LogP contribution in [0.5, 0.6) is 0 Å². The summed E-state index contributed by atoms with van der Waals surface area (Å²) in [7, 11) is 1.69. The minimum absolute atomic E-state index is 0.212. The topological polar surface area (TPSA) is 63.0 Å². The van der Waals surface area contributed by atoms with E-state index in [2.05, 4.69) is 15.6 Å². The van der Waals surface area contributed by atoms with Crippen molar-refractivity contribution in [1.29, 1.82) is 0 Å². The summed E-state index contributed by atoms with van der Waals surface area (Å²) in [6, 6.07) is 0. The molecular formula is C7H12F2N4O. The summed E-state index contributed by atoms with van der Waals surface area (Å²) in [5, 5.41) is 18.1. The van der Waals surface area contributed by atoms with E-state index in [1.807, 2.05) is 0 Å². The van der Waals surface area contributed by atoms with Crippen LogP contribution < -0.4 is 5.32 Å². The van der Waals surface area contributed by atoms with Crippen molar-refractivity contribution in [1.82, 2.24) is 20.3 Å². The Morgan fingerprint density at radius 2 is 2.36 bits per heavy atom. The van der Waals surface area contributed by atoms with Crippen LogP contribution in [0.4, 0.5) is 8.78 Å². The maximum atomic E-state index is 12.5. The molecule has 7 heteroatoms. The molecule has 1 rings (SSSR count). The molecule has 1 aromatic rings. The normalized spacial score (nSPS) is 12.0. The Balaban J connectivity index is 2.28. The molecule has 1 heterocycles. The Hall–Kier alpha value is -1.08. The smallest absolute Gasteiger partial charge is 0.282 e. The fraction of sp³-hybridized carbons (Fsp3) is 0.714. The van der Waals surface area contributed by atoms with Crippen molar-refractivity contribution in [3.05, 3.63) is 11.9 Å². The zero-order valence-corrected chi connectivity index (χ0v) is 7.74. The molecule has 80 valence electrons. The molecule has 0 spiro atoms. The van der Waals surface area contributed by atoms with Gasteiger partial charge in [-0.15, -0.1) is 5.10 Å². The summed E-state index contributed by atoms with van der Waals surface area (Å²) in [5.74, 6) is -3.08. The van der Waals surface area contributed by atoms with Crippen LogP contribution in [0, 0.1) is 0 Å². The molecule has 2 N–H and O–H groups in total. The zero-order chi connectivity index (χ0) is 10.6. The maximum absolute atomic E-state index is 12.5. The van der Waals surface area contributed by atoms with Crippen LogP contribution in [0.1, 0.15) is 5.69 Å². The van der Waals surface area contributed by atoms with Crippen molar-refractivity contribution in [3.8, 4) is 0 Å². The van der Waals surface area contributed by atoms with Crippen LogP contribution in [0.3, 0.4) is 0 Å². The number of aromatic nitrogens is 3. The molecular weight excluding hydrogens is 194 g/mol. The first kappa shape index (κ1) is 11.0. The Morgan fingerprint density at radius 1 is 1.64 bits per heavy atom. The average Bonchev–Trinajstić information content (AvgIpc) is 2.51. The van der Waals surface area contributed by atoms with Crippen LogP contribution in [-0.4, -0.2) is 39.2 Å². The summed E-state index contributed by atoms with van der Waals surface area (Å²) >= 11 is 0. The first-order valence-corrected chi connectivity index (χ1v) is 4.08. The van der Waals surface area contributed by atoms with Gasteiger partial charge in [-0.3, -0.25) is 4.68 Å². The lowest BCUT2D eigenvalue weighted by atomic mass is 10.3. The molecule has 1 aromatic heterocycles. The zero-order valence-electron chi connectivity index (χ0n) is 7.74. The van der Waals surface area contributed by atoms with Crippen molar-refractivity contribution in [2.45, 2.75) is 12.5 Å². The van der Waals surface area contributed by atoms with Gasteiger partial charge in [0.1, 0.15) is 6.61 Å². The summed E-state index contributed by atoms with van der Waals surface area (Å²) in [5.41, 5.74) is 0.584. The number of aliphatic hydroxyl groups excluding tert-OH is 1. The molecule has 0 saturated carbocycles. The number of alkyl halides is 2. The van der Waals surface area contributed by atoms with Crippen LogP contribution in [0.2, 0.25) is 0 Å². The van der Waals surface area contributed by atoms with Crippen molar-refractivity contribution in [3.63, 3.8) is 0 Å². The van der Waals surface area contributed by atoms with E-state index in [4.69, 9.17) is 5.11 Å². The van der Waals surface area contributed by atoms with E-state index >= 15 is 0 Å². The van der Waals surface area contributed by atoms with Gasteiger partial charge >= 0.3 is 0 Å². The van der Waals surface area contributed by atoms with Crippen LogP contribution in [0.25, 0.3) is 0 Å². The molecule has 0 radical (unpaired) electrons. The van der Waals surface area contributed by atoms with Gasteiger partial charge in [0, 0.05) is 19.8 Å². The number of hydrogen-bond acceptors (Lipinski definition) is 4. The largest absolute Gasteiger partial charge is 0.390 e. The molecule has 0 aliphatic carbocycles. The van der Waals surface area contributed by atoms with Crippen molar-refractivity contribution >= 4 is 0 Å². The minimum atomic E-state index is -3.08. The number of hydrogen-bond donors (Lipinski definition) is 2. The van der Waals surface area contributed by atoms with E-state index in [9.17, 15) is 8.78 Å². The molecule has 0 bridgehead atoms. The Bertz CT molecular complexity index is 289. The molecule has 0 aliphatic heterocycles. The van der Waals surface area contributed by atoms with Gasteiger partial charge in [0.05, 0.1) is 12.2 Å². The third-order valence-electron chi connectivity index (χ3n) is 1.57. The SMILES string of the molecule is Cn1cc(CNCC(F)(F)CO)nn1. The van der Waals surface area contributed by atoms with E-state index in [1.54, 1.807) is 13.2 Å². The van der Waals surface area contributed by atoms with E-state index < -0.39 is 19.1 Å². The lowest BCUT2D eigenvalue weighted by Crippen LogP contribution is -2.35. The van der Waals surface area contributed by atoms with Gasteiger partial charge in [-0.05, 0) is 0 Å². The van der Waals surface area contributed by atoms with Gasteiger partial charge in [0.25, 0.3) is 5.92 Å². The molecule has 0 unspecified atom stereocenters. The van der Waals surface area contributed by atoms with Crippen molar-refractivity contribution in [2.75, 3.05) is 13.2 Å². The van der Waals surface area contributed by atoms with E-state index in [1.165, 1.54) is 4.68 Å². The number of nitrogens with zero attached hydrogens (tertiary/aromatic N) is 3. The maximum Gasteiger partial charge on any atom is 0.282 e. The van der Waals surface area contributed by atoms with Gasteiger partial charge in [-0.25, -0.2) is 8.78 Å². The van der Waals surface area contributed by atoms with Gasteiger partial charge in [0.2, 0.25) is 0 Å². The van der Waals surface area contributed by atoms with Gasteiger partial charge < -0.3 is 10.4 Å². The van der Waals surface area contributed by atoms with Gasteiger partial charge in [-0.1, -0.05) is 5.21 Å². The summed E-state index contributed by atoms with van der Waals surface area (Å²) in [6.45, 7) is -1.51. The van der Waals surface area contributed by atoms with Crippen LogP contribution in [-0.2, 0) is 13.6 Å². The van der Waals surface area contributed by atoms with Gasteiger partial charge in [-0.2, -0.15) is 0 Å². The number of rotatable bonds is 5. The Labute approximate surface area is 79.7 Å². The highest BCUT2D eigenvalue weighted by Crippen LogP contribution is 2.09. The standard InChI is InChI=1S/C7H12F2N4O/c1-13-3-6(11-12-13)2-10-4-7(8,9)5-14/h3,10,14H,2,4-5H2,1H3. The molecule has 5 nitrogen and oxygen atoms in total. The highest BCUT2D eigenvalue weighted by atomic mass is 19.3. The molecule has 0 aromatic carbocycles. The van der Waals surface area contributed by atoms with Gasteiger partial charge in [0.15, 0.2) is 0 Å². The molecule has 0 amide bonds. The molecule has 0 fully saturated rings. The second-order valence-electron chi connectivity index (χ2n) is 3.00. The lowest BCUT2D eigenvalue weighted by Gasteiger charge is -2.12. The second-order valence-corrected chi connectivity index (χ2v) is 3.00. The molecule has 0 atom stereocenters. The third kappa shape index (κ3) is 3.35. The van der Waals surface area contributed by atoms with Crippen LogP contribution in [0.15, 0.2) is 6.20 Å². The monoisotopic (exact) mass is 206 g/mol. The average molecular weight is 206 g/mol. The predicted octanol–water partition coefficient (Wildman–Crippen LogP) is -0.468. The highest BCUT2D eigenvalue weighted by Gasteiger charge is 2.26. The first-order chi connectivity index (χ1) is 6.53. The summed E-state index contributed by atoms with van der Waals surface area (Å²) < 4.78 is 26.5. The highest BCUT2D eigenvalue weighted by molar-refractivity contribution is 4.91. The van der Waals surface area contributed by atoms with Crippen molar-refractivity contribution < 1.29 is 13.9 Å². The quantitative estimate of drug-likeness (QED) is 0.683. The molecule has 0 saturated heterocycles. The fourth-order valence-corrected chi connectivity index (χ4v) is 0.906. The third-order valence-corrected chi connectivity index (χ3v) is 1.57. The summed E-state index contributed by atoms with van der Waals surface area (Å²) in [6.07, 6.45) is 1.63. The molecule has 14 heavy (non-hydrogen) atoms. The first-order valence-electron chi connectivity index (χ1n) is 4.08. The Morgan fingerprint density at radius 3 is 2.86 bits per heavy atom. The predicted molar refractivity (Wildman–Crippen MR) is 44.7 cm³/mol. The number of halogens is 2. The lowest BCUT2D eigenvalue weighted by molar-refractivity contribution is -0.0478. The van der Waals surface area contributed by atoms with E-state index in [0.717, 1.165) is 0 Å². The fourth-order valence-electron chi connectivity index (χ4n) is 0.906. The van der Waals surface area contributed by atoms with E-state index in [-0.39, 0.29) is 6.54 Å². The van der Waals surface area contributed by atoms with Crippen molar-refractivity contribution in [2.24, 2.45) is 7.05 Å². The molecule has 0 aliphatic rings. The number of aliphatic hydroxyl groups is 1. The number of aryl methyl sites for hydroxylation is 1. The van der Waals surface area contributed by atoms with Crippen LogP contribution >= 0.6 is 0 Å². The second kappa shape index (κ2) is 4.43. The Kier molecular flexibility index (Phi) is 3.48. The number of nitrogens with one attached hydrogen (secondary N) is 1. The van der Waals surface area contributed by atoms with E-state index in [0.29, 0.717) is 5.69 Å². The summed E-state index contributed by atoms with van der Waals surface area (Å²) in [4.78, 5) is 0. The minimum Gasteiger partial charge on any atom is -0.390 e.